The van der Waals surface area contributed by atoms with E-state index in [1.54, 1.807) is 0 Å². The van der Waals surface area contributed by atoms with E-state index in [1.807, 2.05) is 0 Å². The number of aryl methyl sites for hydroxylation is 1. The number of ketones is 1. The minimum absolute atomic E-state index is 0.190. The summed E-state index contributed by atoms with van der Waals surface area (Å²) >= 11 is 0. The zero-order chi connectivity index (χ0) is 14.2. The van der Waals surface area contributed by atoms with Gasteiger partial charge in [0.2, 0.25) is 0 Å². The second kappa shape index (κ2) is 8.24. The van der Waals surface area contributed by atoms with Crippen LogP contribution in [0.5, 0.6) is 0 Å². The van der Waals surface area contributed by atoms with Crippen molar-refractivity contribution in [1.29, 1.82) is 0 Å². The Morgan fingerprint density at radius 1 is 1.10 bits per heavy atom. The van der Waals surface area contributed by atoms with E-state index in [0.717, 1.165) is 25.7 Å². The van der Waals surface area contributed by atoms with E-state index in [2.05, 4.69) is 31.2 Å². The van der Waals surface area contributed by atoms with Crippen molar-refractivity contribution in [1.82, 2.24) is 0 Å². The van der Waals surface area contributed by atoms with Crippen LogP contribution in [0, 0.1) is 0 Å². The Balaban J connectivity index is 1.79. The Hall–Kier alpha value is -1.11. The molecule has 1 aliphatic carbocycles. The fourth-order valence-electron chi connectivity index (χ4n) is 3.34. The van der Waals surface area contributed by atoms with Crippen LogP contribution in [0.3, 0.4) is 0 Å². The Labute approximate surface area is 123 Å². The normalized spacial score (nSPS) is 17.8. The minimum atomic E-state index is 0.190. The van der Waals surface area contributed by atoms with Crippen LogP contribution in [-0.4, -0.2) is 5.78 Å². The zero-order valence-corrected chi connectivity index (χ0v) is 12.9. The highest BCUT2D eigenvalue weighted by Crippen LogP contribution is 2.33. The lowest BCUT2D eigenvalue weighted by atomic mass is 9.79. The Kier molecular flexibility index (Phi) is 6.29. The molecule has 1 aromatic rings. The third kappa shape index (κ3) is 4.19. The van der Waals surface area contributed by atoms with Gasteiger partial charge in [0.25, 0.3) is 0 Å². The minimum Gasteiger partial charge on any atom is -0.299 e. The average molecular weight is 272 g/mol. The fourth-order valence-corrected chi connectivity index (χ4v) is 3.34. The van der Waals surface area contributed by atoms with Gasteiger partial charge >= 0.3 is 0 Å². The van der Waals surface area contributed by atoms with Gasteiger partial charge in [0.1, 0.15) is 5.78 Å². The average Bonchev–Trinajstić information content (AvgIpc) is 2.50. The number of benzene rings is 1. The molecule has 0 aromatic heterocycles. The number of fused-ring (bicyclic) bond motifs is 1. The fraction of sp³-hybridized carbons (Fsp3) is 0.632. The lowest BCUT2D eigenvalue weighted by Gasteiger charge is -2.24. The summed E-state index contributed by atoms with van der Waals surface area (Å²) in [5.74, 6) is 0.670. The van der Waals surface area contributed by atoms with Crippen LogP contribution < -0.4 is 0 Å². The van der Waals surface area contributed by atoms with Crippen LogP contribution in [0.4, 0.5) is 0 Å². The summed E-state index contributed by atoms with van der Waals surface area (Å²) < 4.78 is 0. The molecule has 1 atom stereocenters. The summed E-state index contributed by atoms with van der Waals surface area (Å²) in [6.07, 6.45) is 11.7. The van der Waals surface area contributed by atoms with E-state index in [0.29, 0.717) is 5.78 Å². The number of unbranched alkanes of at least 4 members (excludes halogenated alkanes) is 5. The molecule has 1 aromatic carbocycles. The molecule has 1 nitrogen and oxygen atoms in total. The van der Waals surface area contributed by atoms with Crippen LogP contribution in [0.1, 0.15) is 81.8 Å². The second-order valence-corrected chi connectivity index (χ2v) is 6.13. The van der Waals surface area contributed by atoms with E-state index < -0.39 is 0 Å². The van der Waals surface area contributed by atoms with Gasteiger partial charge in [-0.15, -0.1) is 0 Å². The largest absolute Gasteiger partial charge is 0.299 e. The Morgan fingerprint density at radius 2 is 1.85 bits per heavy atom. The van der Waals surface area contributed by atoms with Crippen molar-refractivity contribution in [3.63, 3.8) is 0 Å². The SMILES string of the molecule is CCCCCCCCC(=O)C1CCCc2ccccc21. The van der Waals surface area contributed by atoms with E-state index >= 15 is 0 Å². The maximum Gasteiger partial charge on any atom is 0.140 e. The third-order valence-electron chi connectivity index (χ3n) is 4.53. The molecule has 0 fully saturated rings. The molecule has 0 spiro atoms. The second-order valence-electron chi connectivity index (χ2n) is 6.13. The predicted octanol–water partition coefficient (Wildman–Crippen LogP) is 5.43. The smallest absolute Gasteiger partial charge is 0.140 e. The van der Waals surface area contributed by atoms with Crippen LogP contribution in [0.25, 0.3) is 0 Å². The zero-order valence-electron chi connectivity index (χ0n) is 12.9. The van der Waals surface area contributed by atoms with Crippen molar-refractivity contribution in [3.8, 4) is 0 Å². The highest BCUT2D eigenvalue weighted by atomic mass is 16.1. The summed E-state index contributed by atoms with van der Waals surface area (Å²) in [6.45, 7) is 2.24. The van der Waals surface area contributed by atoms with E-state index in [-0.39, 0.29) is 5.92 Å². The van der Waals surface area contributed by atoms with Gasteiger partial charge < -0.3 is 0 Å². The molecule has 0 saturated carbocycles. The number of rotatable bonds is 8. The van der Waals surface area contributed by atoms with Gasteiger partial charge in [0.05, 0.1) is 0 Å². The van der Waals surface area contributed by atoms with E-state index in [1.165, 1.54) is 49.7 Å². The summed E-state index contributed by atoms with van der Waals surface area (Å²) in [5.41, 5.74) is 2.72. The maximum atomic E-state index is 12.4. The first-order valence-corrected chi connectivity index (χ1v) is 8.43. The quantitative estimate of drug-likeness (QED) is 0.577. The monoisotopic (exact) mass is 272 g/mol. The number of hydrogen-bond donors (Lipinski definition) is 0. The lowest BCUT2D eigenvalue weighted by molar-refractivity contribution is -0.120. The highest BCUT2D eigenvalue weighted by Gasteiger charge is 2.25. The van der Waals surface area contributed by atoms with Gasteiger partial charge in [0, 0.05) is 12.3 Å². The van der Waals surface area contributed by atoms with Gasteiger partial charge in [-0.05, 0) is 36.8 Å². The lowest BCUT2D eigenvalue weighted by Crippen LogP contribution is -2.18. The van der Waals surface area contributed by atoms with Crippen LogP contribution in [0.2, 0.25) is 0 Å². The molecular weight excluding hydrogens is 244 g/mol. The molecular formula is C19H28O. The molecule has 0 bridgehead atoms. The van der Waals surface area contributed by atoms with Crippen molar-refractivity contribution in [3.05, 3.63) is 35.4 Å². The van der Waals surface area contributed by atoms with Gasteiger partial charge in [0.15, 0.2) is 0 Å². The molecule has 20 heavy (non-hydrogen) atoms. The standard InChI is InChI=1S/C19H28O/c1-2-3-4-5-6-7-15-19(20)18-14-10-12-16-11-8-9-13-17(16)18/h8-9,11,13,18H,2-7,10,12,14-15H2,1H3. The molecule has 0 radical (unpaired) electrons. The number of carbonyl (C=O) groups is 1. The van der Waals surface area contributed by atoms with Gasteiger partial charge in [-0.25, -0.2) is 0 Å². The van der Waals surface area contributed by atoms with Crippen LogP contribution in [0.15, 0.2) is 24.3 Å². The van der Waals surface area contributed by atoms with Crippen molar-refractivity contribution < 1.29 is 4.79 Å². The summed E-state index contributed by atoms with van der Waals surface area (Å²) in [4.78, 5) is 12.4. The summed E-state index contributed by atoms with van der Waals surface area (Å²) in [5, 5.41) is 0. The number of hydrogen-bond acceptors (Lipinski definition) is 1. The molecule has 0 aliphatic heterocycles. The summed E-state index contributed by atoms with van der Waals surface area (Å²) in [6, 6.07) is 8.53. The first kappa shape index (κ1) is 15.3. The van der Waals surface area contributed by atoms with Crippen LogP contribution in [-0.2, 0) is 11.2 Å². The van der Waals surface area contributed by atoms with Gasteiger partial charge in [-0.1, -0.05) is 63.3 Å². The maximum absolute atomic E-state index is 12.4. The van der Waals surface area contributed by atoms with Crippen molar-refractivity contribution in [2.45, 2.75) is 77.0 Å². The Morgan fingerprint density at radius 3 is 2.70 bits per heavy atom. The molecule has 0 saturated heterocycles. The highest BCUT2D eigenvalue weighted by molar-refractivity contribution is 5.86. The van der Waals surface area contributed by atoms with Gasteiger partial charge in [-0.3, -0.25) is 4.79 Å². The first-order valence-electron chi connectivity index (χ1n) is 8.43. The third-order valence-corrected chi connectivity index (χ3v) is 4.53. The number of Topliss-reactive ketones (excluding diaryl/α,β-unsaturated/α-hetero) is 1. The van der Waals surface area contributed by atoms with Crippen molar-refractivity contribution >= 4 is 5.78 Å². The summed E-state index contributed by atoms with van der Waals surface area (Å²) in [7, 11) is 0. The van der Waals surface area contributed by atoms with E-state index in [4.69, 9.17) is 0 Å². The van der Waals surface area contributed by atoms with E-state index in [9.17, 15) is 4.79 Å². The molecule has 110 valence electrons. The molecule has 0 heterocycles. The predicted molar refractivity (Wildman–Crippen MR) is 85.1 cm³/mol. The first-order chi connectivity index (χ1) is 9.83. The van der Waals surface area contributed by atoms with Crippen LogP contribution >= 0.6 is 0 Å². The molecule has 0 N–H and O–H groups in total. The molecule has 1 aliphatic rings. The molecule has 1 unspecified atom stereocenters. The molecule has 2 rings (SSSR count). The van der Waals surface area contributed by atoms with Crippen molar-refractivity contribution in [2.75, 3.05) is 0 Å². The topological polar surface area (TPSA) is 17.1 Å². The Bertz CT molecular complexity index is 422. The molecule has 1 heteroatoms. The number of carbonyl (C=O) groups excluding carboxylic acids is 1. The molecule has 0 amide bonds. The van der Waals surface area contributed by atoms with Gasteiger partial charge in [-0.2, -0.15) is 0 Å². The van der Waals surface area contributed by atoms with Crippen molar-refractivity contribution in [2.24, 2.45) is 0 Å².